The lowest BCUT2D eigenvalue weighted by atomic mass is 10.1. The molecule has 0 spiro atoms. The molecule has 0 unspecified atom stereocenters. The second-order valence-corrected chi connectivity index (χ2v) is 5.91. The van der Waals surface area contributed by atoms with Gasteiger partial charge in [0.2, 0.25) is 0 Å². The van der Waals surface area contributed by atoms with Crippen LogP contribution in [0.5, 0.6) is 0 Å². The molecule has 2 aromatic carbocycles. The van der Waals surface area contributed by atoms with Crippen molar-refractivity contribution in [1.82, 2.24) is 15.2 Å². The Morgan fingerprint density at radius 2 is 1.92 bits per heavy atom. The molecule has 0 atom stereocenters. The number of aryl methyl sites for hydroxylation is 1. The van der Waals surface area contributed by atoms with Gasteiger partial charge in [-0.3, -0.25) is 9.48 Å². The molecule has 0 saturated heterocycles. The Bertz CT molecular complexity index is 880. The summed E-state index contributed by atoms with van der Waals surface area (Å²) in [5, 5.41) is 8.38. The van der Waals surface area contributed by atoms with Crippen molar-refractivity contribution in [3.8, 4) is 0 Å². The maximum atomic E-state index is 12.3. The van der Waals surface area contributed by atoms with Gasteiger partial charge >= 0.3 is 0 Å². The summed E-state index contributed by atoms with van der Waals surface area (Å²) in [6, 6.07) is 17.4. The molecule has 0 saturated carbocycles. The van der Waals surface area contributed by atoms with Crippen molar-refractivity contribution < 1.29 is 4.79 Å². The van der Waals surface area contributed by atoms with Crippen molar-refractivity contribution >= 4 is 11.6 Å². The van der Waals surface area contributed by atoms with Crippen molar-refractivity contribution in [2.75, 3.05) is 0 Å². The first kappa shape index (κ1) is 16.6. The van der Waals surface area contributed by atoms with Crippen LogP contribution in [0.2, 0.25) is 0 Å². The quantitative estimate of drug-likeness (QED) is 0.575. The number of benzene rings is 2. The van der Waals surface area contributed by atoms with E-state index in [1.54, 1.807) is 12.3 Å². The first-order chi connectivity index (χ1) is 12.1. The third kappa shape index (κ3) is 4.41. The normalized spacial score (nSPS) is 11.4. The standard InChI is InChI=1S/C20H20N4O/c1-15-7-9-18(10-8-15)16(2)22-23-20(25)19-6-3-5-17(13-19)14-24-12-4-11-21-24/h3-13H,14H2,1-2H3,(H,23,25). The van der Waals surface area contributed by atoms with Crippen LogP contribution in [0.25, 0.3) is 0 Å². The van der Waals surface area contributed by atoms with Gasteiger partial charge < -0.3 is 0 Å². The van der Waals surface area contributed by atoms with Gasteiger partial charge in [0.05, 0.1) is 12.3 Å². The number of hydrogen-bond donors (Lipinski definition) is 1. The number of hydrazone groups is 1. The van der Waals surface area contributed by atoms with Gasteiger partial charge in [0.25, 0.3) is 5.91 Å². The van der Waals surface area contributed by atoms with E-state index >= 15 is 0 Å². The number of nitrogens with one attached hydrogen (secondary N) is 1. The topological polar surface area (TPSA) is 59.3 Å². The van der Waals surface area contributed by atoms with E-state index in [-0.39, 0.29) is 5.91 Å². The van der Waals surface area contributed by atoms with Crippen LogP contribution in [0.1, 0.15) is 34.0 Å². The Morgan fingerprint density at radius 1 is 1.12 bits per heavy atom. The molecule has 0 aliphatic carbocycles. The average Bonchev–Trinajstić information content (AvgIpc) is 3.13. The molecule has 5 heteroatoms. The maximum absolute atomic E-state index is 12.3. The number of carbonyl (C=O) groups is 1. The second-order valence-electron chi connectivity index (χ2n) is 5.91. The van der Waals surface area contributed by atoms with Crippen LogP contribution in [0.15, 0.2) is 72.1 Å². The molecule has 1 amide bonds. The Morgan fingerprint density at radius 3 is 2.64 bits per heavy atom. The van der Waals surface area contributed by atoms with Gasteiger partial charge in [-0.15, -0.1) is 0 Å². The lowest BCUT2D eigenvalue weighted by Crippen LogP contribution is -2.19. The van der Waals surface area contributed by atoms with Gasteiger partial charge in [0.1, 0.15) is 0 Å². The minimum absolute atomic E-state index is 0.228. The van der Waals surface area contributed by atoms with Gasteiger partial charge in [0, 0.05) is 18.0 Å². The zero-order valence-electron chi connectivity index (χ0n) is 14.3. The molecule has 0 radical (unpaired) electrons. The second kappa shape index (κ2) is 7.57. The smallest absolute Gasteiger partial charge is 0.268 e. The predicted octanol–water partition coefficient (Wildman–Crippen LogP) is 3.39. The molecule has 0 fully saturated rings. The highest BCUT2D eigenvalue weighted by Crippen LogP contribution is 2.08. The first-order valence-corrected chi connectivity index (χ1v) is 8.10. The SMILES string of the molecule is CC(=NNC(=O)c1cccc(Cn2cccn2)c1)c1ccc(C)cc1. The van der Waals surface area contributed by atoms with Crippen LogP contribution in [-0.4, -0.2) is 21.4 Å². The van der Waals surface area contributed by atoms with Crippen LogP contribution in [0.4, 0.5) is 0 Å². The number of aromatic nitrogens is 2. The summed E-state index contributed by atoms with van der Waals surface area (Å²) in [7, 11) is 0. The van der Waals surface area contributed by atoms with Gasteiger partial charge in [-0.1, -0.05) is 42.0 Å². The number of amides is 1. The van der Waals surface area contributed by atoms with Crippen LogP contribution < -0.4 is 5.43 Å². The average molecular weight is 332 g/mol. The van der Waals surface area contributed by atoms with E-state index in [1.807, 2.05) is 73.3 Å². The molecule has 0 aliphatic heterocycles. The lowest BCUT2D eigenvalue weighted by Gasteiger charge is -2.06. The van der Waals surface area contributed by atoms with Crippen molar-refractivity contribution in [2.24, 2.45) is 5.10 Å². The zero-order valence-corrected chi connectivity index (χ0v) is 14.3. The first-order valence-electron chi connectivity index (χ1n) is 8.10. The summed E-state index contributed by atoms with van der Waals surface area (Å²) in [6.45, 7) is 4.53. The molecule has 0 bridgehead atoms. The number of nitrogens with zero attached hydrogens (tertiary/aromatic N) is 3. The summed E-state index contributed by atoms with van der Waals surface area (Å²) in [5.41, 5.74) is 7.15. The summed E-state index contributed by atoms with van der Waals surface area (Å²) in [4.78, 5) is 12.3. The van der Waals surface area contributed by atoms with E-state index in [4.69, 9.17) is 0 Å². The number of rotatable bonds is 5. The molecule has 1 N–H and O–H groups in total. The minimum atomic E-state index is -0.228. The van der Waals surface area contributed by atoms with Crippen molar-refractivity contribution in [3.05, 3.63) is 89.2 Å². The molecular weight excluding hydrogens is 312 g/mol. The van der Waals surface area contributed by atoms with Gasteiger partial charge in [-0.05, 0) is 43.2 Å². The number of hydrogen-bond acceptors (Lipinski definition) is 3. The van der Waals surface area contributed by atoms with Gasteiger partial charge in [-0.2, -0.15) is 10.2 Å². The Hall–Kier alpha value is -3.21. The van der Waals surface area contributed by atoms with E-state index < -0.39 is 0 Å². The molecule has 3 rings (SSSR count). The van der Waals surface area contributed by atoms with E-state index in [0.717, 1.165) is 16.8 Å². The minimum Gasteiger partial charge on any atom is -0.268 e. The van der Waals surface area contributed by atoms with Crippen molar-refractivity contribution in [2.45, 2.75) is 20.4 Å². The third-order valence-corrected chi connectivity index (χ3v) is 3.89. The van der Waals surface area contributed by atoms with E-state index in [1.165, 1.54) is 5.56 Å². The van der Waals surface area contributed by atoms with E-state index in [2.05, 4.69) is 15.6 Å². The maximum Gasteiger partial charge on any atom is 0.271 e. The fourth-order valence-corrected chi connectivity index (χ4v) is 2.45. The highest BCUT2D eigenvalue weighted by atomic mass is 16.2. The Labute approximate surface area is 147 Å². The van der Waals surface area contributed by atoms with Crippen molar-refractivity contribution in [3.63, 3.8) is 0 Å². The van der Waals surface area contributed by atoms with Crippen LogP contribution in [0.3, 0.4) is 0 Å². The highest BCUT2D eigenvalue weighted by molar-refractivity contribution is 6.00. The summed E-state index contributed by atoms with van der Waals surface area (Å²) in [6.07, 6.45) is 3.63. The summed E-state index contributed by atoms with van der Waals surface area (Å²) in [5.74, 6) is -0.228. The Balaban J connectivity index is 1.68. The van der Waals surface area contributed by atoms with Crippen LogP contribution in [-0.2, 0) is 6.54 Å². The molecule has 3 aromatic rings. The molecule has 1 aromatic heterocycles. The molecule has 5 nitrogen and oxygen atoms in total. The number of carbonyl (C=O) groups excluding carboxylic acids is 1. The molecule has 126 valence electrons. The lowest BCUT2D eigenvalue weighted by molar-refractivity contribution is 0.0954. The summed E-state index contributed by atoms with van der Waals surface area (Å²) < 4.78 is 1.82. The fourth-order valence-electron chi connectivity index (χ4n) is 2.45. The van der Waals surface area contributed by atoms with Crippen LogP contribution in [0, 0.1) is 6.92 Å². The largest absolute Gasteiger partial charge is 0.271 e. The predicted molar refractivity (Wildman–Crippen MR) is 98.6 cm³/mol. The molecular formula is C20H20N4O. The molecule has 25 heavy (non-hydrogen) atoms. The monoisotopic (exact) mass is 332 g/mol. The molecule has 0 aliphatic rings. The Kier molecular flexibility index (Phi) is 5.04. The van der Waals surface area contributed by atoms with Crippen molar-refractivity contribution in [1.29, 1.82) is 0 Å². The molecule has 1 heterocycles. The highest BCUT2D eigenvalue weighted by Gasteiger charge is 2.06. The summed E-state index contributed by atoms with van der Waals surface area (Å²) >= 11 is 0. The third-order valence-electron chi connectivity index (χ3n) is 3.89. The fraction of sp³-hybridized carbons (Fsp3) is 0.150. The zero-order chi connectivity index (χ0) is 17.6. The van der Waals surface area contributed by atoms with Crippen LogP contribution >= 0.6 is 0 Å². The van der Waals surface area contributed by atoms with E-state index in [0.29, 0.717) is 12.1 Å². The van der Waals surface area contributed by atoms with Gasteiger partial charge in [0.15, 0.2) is 0 Å². The van der Waals surface area contributed by atoms with Gasteiger partial charge in [-0.25, -0.2) is 5.43 Å². The van der Waals surface area contributed by atoms with E-state index in [9.17, 15) is 4.79 Å².